The standard InChI is InChI=1S/C18H19NO3S/c1-23(21,22)19-17-11-7-16(8-12-17)10-14-18(20)13-9-15-5-3-2-4-6-15/h2-8,11-12,18-20H,9,13H2,1H3. The molecule has 4 nitrogen and oxygen atoms in total. The SMILES string of the molecule is CS(=O)(=O)Nc1ccc(C#CC(O)CCc2ccccc2)cc1. The van der Waals surface area contributed by atoms with Crippen LogP contribution in [0.25, 0.3) is 0 Å². The minimum Gasteiger partial charge on any atom is -0.380 e. The average Bonchev–Trinajstić information content (AvgIpc) is 2.52. The summed E-state index contributed by atoms with van der Waals surface area (Å²) in [5.74, 6) is 5.70. The summed E-state index contributed by atoms with van der Waals surface area (Å²) in [6, 6.07) is 16.7. The molecule has 2 rings (SSSR count). The van der Waals surface area contributed by atoms with Gasteiger partial charge in [0.25, 0.3) is 0 Å². The maximum absolute atomic E-state index is 11.1. The van der Waals surface area contributed by atoms with Gasteiger partial charge in [-0.2, -0.15) is 0 Å². The first-order chi connectivity index (χ1) is 10.9. The Morgan fingerprint density at radius 3 is 2.35 bits per heavy atom. The molecule has 0 saturated heterocycles. The lowest BCUT2D eigenvalue weighted by Gasteiger charge is -2.04. The van der Waals surface area contributed by atoms with E-state index in [0.29, 0.717) is 12.1 Å². The van der Waals surface area contributed by atoms with Gasteiger partial charge in [-0.25, -0.2) is 8.42 Å². The van der Waals surface area contributed by atoms with Gasteiger partial charge in [-0.15, -0.1) is 0 Å². The fourth-order valence-electron chi connectivity index (χ4n) is 2.02. The van der Waals surface area contributed by atoms with Crippen molar-refractivity contribution in [2.24, 2.45) is 0 Å². The number of anilines is 1. The molecule has 0 spiro atoms. The Morgan fingerprint density at radius 2 is 1.74 bits per heavy atom. The molecule has 0 amide bonds. The summed E-state index contributed by atoms with van der Waals surface area (Å²) < 4.78 is 24.6. The van der Waals surface area contributed by atoms with Crippen molar-refractivity contribution in [2.75, 3.05) is 11.0 Å². The fourth-order valence-corrected chi connectivity index (χ4v) is 2.59. The number of nitrogens with one attached hydrogen (secondary N) is 1. The zero-order chi connectivity index (χ0) is 16.7. The lowest BCUT2D eigenvalue weighted by molar-refractivity contribution is 0.222. The summed E-state index contributed by atoms with van der Waals surface area (Å²) in [6.07, 6.45) is 1.76. The van der Waals surface area contributed by atoms with Crippen molar-refractivity contribution in [3.8, 4) is 11.8 Å². The van der Waals surface area contributed by atoms with E-state index in [2.05, 4.69) is 16.6 Å². The summed E-state index contributed by atoms with van der Waals surface area (Å²) in [4.78, 5) is 0. The van der Waals surface area contributed by atoms with Crippen LogP contribution in [0.15, 0.2) is 54.6 Å². The van der Waals surface area contributed by atoms with Gasteiger partial charge < -0.3 is 5.11 Å². The third-order valence-corrected chi connectivity index (χ3v) is 3.73. The average molecular weight is 329 g/mol. The van der Waals surface area contributed by atoms with Crippen molar-refractivity contribution in [3.05, 3.63) is 65.7 Å². The van der Waals surface area contributed by atoms with E-state index in [1.54, 1.807) is 24.3 Å². The Morgan fingerprint density at radius 1 is 1.09 bits per heavy atom. The van der Waals surface area contributed by atoms with Gasteiger partial charge >= 0.3 is 0 Å². The molecule has 120 valence electrons. The lowest BCUT2D eigenvalue weighted by atomic mass is 10.1. The zero-order valence-corrected chi connectivity index (χ0v) is 13.7. The maximum atomic E-state index is 11.1. The third kappa shape index (κ3) is 6.55. The van der Waals surface area contributed by atoms with Gasteiger partial charge in [-0.3, -0.25) is 4.72 Å². The predicted octanol–water partition coefficient (Wildman–Crippen LogP) is 2.40. The first kappa shape index (κ1) is 17.1. The number of rotatable bonds is 5. The quantitative estimate of drug-likeness (QED) is 0.828. The van der Waals surface area contributed by atoms with Crippen LogP contribution in [0, 0.1) is 11.8 Å². The molecule has 1 atom stereocenters. The molecular weight excluding hydrogens is 310 g/mol. The molecule has 5 heteroatoms. The second-order valence-corrected chi connectivity index (χ2v) is 7.01. The highest BCUT2D eigenvalue weighted by atomic mass is 32.2. The number of hydrogen-bond donors (Lipinski definition) is 2. The molecule has 2 N–H and O–H groups in total. The van der Waals surface area contributed by atoms with Crippen LogP contribution in [0.4, 0.5) is 5.69 Å². The number of aliphatic hydroxyl groups is 1. The van der Waals surface area contributed by atoms with Crippen molar-refractivity contribution in [2.45, 2.75) is 18.9 Å². The number of hydrogen-bond acceptors (Lipinski definition) is 3. The van der Waals surface area contributed by atoms with Gasteiger partial charge in [0.15, 0.2) is 0 Å². The predicted molar refractivity (Wildman–Crippen MR) is 92.6 cm³/mol. The highest BCUT2D eigenvalue weighted by molar-refractivity contribution is 7.92. The molecule has 0 saturated carbocycles. The summed E-state index contributed by atoms with van der Waals surface area (Å²) in [5.41, 5.74) is 2.38. The summed E-state index contributed by atoms with van der Waals surface area (Å²) >= 11 is 0. The molecule has 0 aliphatic rings. The first-order valence-electron chi connectivity index (χ1n) is 7.24. The van der Waals surface area contributed by atoms with Crippen molar-refractivity contribution in [1.82, 2.24) is 0 Å². The van der Waals surface area contributed by atoms with Crippen LogP contribution in [0.3, 0.4) is 0 Å². The zero-order valence-electron chi connectivity index (χ0n) is 12.9. The van der Waals surface area contributed by atoms with Crippen LogP contribution in [-0.2, 0) is 16.4 Å². The van der Waals surface area contributed by atoms with Crippen LogP contribution in [0.1, 0.15) is 17.5 Å². The van der Waals surface area contributed by atoms with E-state index in [9.17, 15) is 13.5 Å². The molecule has 0 fully saturated rings. The molecule has 0 bridgehead atoms. The van der Waals surface area contributed by atoms with E-state index >= 15 is 0 Å². The van der Waals surface area contributed by atoms with E-state index in [4.69, 9.17) is 0 Å². The van der Waals surface area contributed by atoms with Crippen molar-refractivity contribution >= 4 is 15.7 Å². The van der Waals surface area contributed by atoms with E-state index < -0.39 is 16.1 Å². The van der Waals surface area contributed by atoms with E-state index in [1.807, 2.05) is 30.3 Å². The number of benzene rings is 2. The second kappa shape index (κ2) is 7.82. The van der Waals surface area contributed by atoms with E-state index in [0.717, 1.165) is 18.2 Å². The van der Waals surface area contributed by atoms with Crippen LogP contribution < -0.4 is 4.72 Å². The molecule has 2 aromatic carbocycles. The van der Waals surface area contributed by atoms with Crippen molar-refractivity contribution in [3.63, 3.8) is 0 Å². The van der Waals surface area contributed by atoms with Gasteiger partial charge in [0.1, 0.15) is 6.10 Å². The van der Waals surface area contributed by atoms with Crippen LogP contribution >= 0.6 is 0 Å². The minimum absolute atomic E-state index is 0.489. The molecule has 0 aromatic heterocycles. The fraction of sp³-hybridized carbons (Fsp3) is 0.222. The molecule has 2 aromatic rings. The van der Waals surface area contributed by atoms with Crippen molar-refractivity contribution < 1.29 is 13.5 Å². The van der Waals surface area contributed by atoms with Crippen molar-refractivity contribution in [1.29, 1.82) is 0 Å². The van der Waals surface area contributed by atoms with Crippen LogP contribution in [0.2, 0.25) is 0 Å². The number of sulfonamides is 1. The molecule has 0 heterocycles. The second-order valence-electron chi connectivity index (χ2n) is 5.26. The van der Waals surface area contributed by atoms with Gasteiger partial charge in [-0.1, -0.05) is 42.2 Å². The van der Waals surface area contributed by atoms with Gasteiger partial charge in [0, 0.05) is 11.3 Å². The molecule has 23 heavy (non-hydrogen) atoms. The molecule has 1 unspecified atom stereocenters. The normalized spacial score (nSPS) is 12.1. The summed E-state index contributed by atoms with van der Waals surface area (Å²) in [6.45, 7) is 0. The monoisotopic (exact) mass is 329 g/mol. The Kier molecular flexibility index (Phi) is 5.80. The summed E-state index contributed by atoms with van der Waals surface area (Å²) in [7, 11) is -3.28. The highest BCUT2D eigenvalue weighted by Crippen LogP contribution is 2.10. The molecule has 0 radical (unpaired) electrons. The van der Waals surface area contributed by atoms with Crippen LogP contribution in [-0.4, -0.2) is 25.9 Å². The minimum atomic E-state index is -3.28. The van der Waals surface area contributed by atoms with Crippen LogP contribution in [0.5, 0.6) is 0 Å². The first-order valence-corrected chi connectivity index (χ1v) is 9.13. The molecular formula is C18H19NO3S. The summed E-state index contributed by atoms with van der Waals surface area (Å²) in [5, 5.41) is 9.91. The Hall–Kier alpha value is -2.29. The van der Waals surface area contributed by atoms with E-state index in [1.165, 1.54) is 5.56 Å². The van der Waals surface area contributed by atoms with E-state index in [-0.39, 0.29) is 0 Å². The Bertz CT molecular complexity index is 788. The largest absolute Gasteiger partial charge is 0.380 e. The smallest absolute Gasteiger partial charge is 0.229 e. The third-order valence-electron chi connectivity index (χ3n) is 3.12. The van der Waals surface area contributed by atoms with Gasteiger partial charge in [0.05, 0.1) is 6.26 Å². The Balaban J connectivity index is 1.90. The molecule has 0 aliphatic heterocycles. The topological polar surface area (TPSA) is 66.4 Å². The molecule has 0 aliphatic carbocycles. The van der Waals surface area contributed by atoms with Gasteiger partial charge in [-0.05, 0) is 42.7 Å². The van der Waals surface area contributed by atoms with Gasteiger partial charge in [0.2, 0.25) is 10.0 Å². The Labute approximate surface area is 137 Å². The lowest BCUT2D eigenvalue weighted by Crippen LogP contribution is -2.09. The highest BCUT2D eigenvalue weighted by Gasteiger charge is 2.02. The number of aryl methyl sites for hydroxylation is 1. The number of aliphatic hydroxyl groups excluding tert-OH is 1. The maximum Gasteiger partial charge on any atom is 0.229 e.